The molecule has 1 aliphatic heterocycles. The van der Waals surface area contributed by atoms with E-state index in [1.54, 1.807) is 0 Å². The van der Waals surface area contributed by atoms with Gasteiger partial charge in [-0.15, -0.1) is 0 Å². The second-order valence-corrected chi connectivity index (χ2v) is 3.88. The predicted octanol–water partition coefficient (Wildman–Crippen LogP) is -0.630. The Kier molecular flexibility index (Phi) is 3.18. The lowest BCUT2D eigenvalue weighted by molar-refractivity contribution is -0.156. The maximum absolute atomic E-state index is 11.7. The monoisotopic (exact) mass is 230 g/mol. The van der Waals surface area contributed by atoms with Gasteiger partial charge in [-0.1, -0.05) is 0 Å². The molecule has 3 amide bonds. The molecule has 1 heterocycles. The number of rotatable bonds is 4. The number of urea groups is 1. The first kappa shape index (κ1) is 12.4. The molecular formula is C9H14N2O5. The Balaban J connectivity index is 3.08. The highest BCUT2D eigenvalue weighted by Gasteiger charge is 2.50. The van der Waals surface area contributed by atoms with E-state index in [1.807, 2.05) is 0 Å². The molecule has 1 aliphatic rings. The molecule has 1 unspecified atom stereocenters. The summed E-state index contributed by atoms with van der Waals surface area (Å²) in [4.78, 5) is 36.3. The molecule has 0 saturated carbocycles. The number of methoxy groups -OCH3 is 1. The van der Waals surface area contributed by atoms with Gasteiger partial charge in [0.2, 0.25) is 0 Å². The second-order valence-electron chi connectivity index (χ2n) is 3.88. The van der Waals surface area contributed by atoms with Crippen molar-refractivity contribution in [3.05, 3.63) is 0 Å². The summed E-state index contributed by atoms with van der Waals surface area (Å²) in [5, 5.41) is 9.10. The zero-order chi connectivity index (χ0) is 12.5. The van der Waals surface area contributed by atoms with Crippen molar-refractivity contribution in [3.8, 4) is 0 Å². The van der Waals surface area contributed by atoms with Gasteiger partial charge >= 0.3 is 12.0 Å². The van der Waals surface area contributed by atoms with Crippen molar-refractivity contribution in [1.82, 2.24) is 9.80 Å². The quantitative estimate of drug-likeness (QED) is 0.650. The van der Waals surface area contributed by atoms with Crippen LogP contribution in [-0.4, -0.2) is 65.7 Å². The van der Waals surface area contributed by atoms with E-state index in [4.69, 9.17) is 9.84 Å². The minimum absolute atomic E-state index is 0.106. The Labute approximate surface area is 92.6 Å². The molecule has 0 bridgehead atoms. The molecule has 0 aliphatic carbocycles. The number of carboxylic acid groups (broad SMARTS) is 1. The highest BCUT2D eigenvalue weighted by molar-refractivity contribution is 6.06. The van der Waals surface area contributed by atoms with Crippen LogP contribution in [0.4, 0.5) is 4.79 Å². The van der Waals surface area contributed by atoms with E-state index < -0.39 is 23.4 Å². The van der Waals surface area contributed by atoms with Gasteiger partial charge in [0.25, 0.3) is 5.91 Å². The van der Waals surface area contributed by atoms with Crippen molar-refractivity contribution in [1.29, 1.82) is 0 Å². The van der Waals surface area contributed by atoms with Crippen molar-refractivity contribution < 1.29 is 24.2 Å². The maximum Gasteiger partial charge on any atom is 0.332 e. The number of hydrogen-bond donors (Lipinski definition) is 1. The SMILES string of the molecule is COCC(C)(C(=O)O)N1C(=O)CN(C)C1=O. The Morgan fingerprint density at radius 1 is 1.56 bits per heavy atom. The molecule has 0 spiro atoms. The van der Waals surface area contributed by atoms with Crippen LogP contribution in [0.3, 0.4) is 0 Å². The molecule has 7 heteroatoms. The van der Waals surface area contributed by atoms with Crippen LogP contribution in [0.2, 0.25) is 0 Å². The average molecular weight is 230 g/mol. The first-order valence-electron chi connectivity index (χ1n) is 4.65. The smallest absolute Gasteiger partial charge is 0.332 e. The minimum atomic E-state index is -1.66. The topological polar surface area (TPSA) is 87.2 Å². The summed E-state index contributed by atoms with van der Waals surface area (Å²) < 4.78 is 4.77. The van der Waals surface area contributed by atoms with Gasteiger partial charge in [-0.05, 0) is 6.92 Å². The molecule has 1 N–H and O–H groups in total. The fourth-order valence-electron chi connectivity index (χ4n) is 1.61. The number of likely N-dealkylation sites (N-methyl/N-ethyl adjacent to an activating group) is 1. The number of hydrogen-bond acceptors (Lipinski definition) is 4. The van der Waals surface area contributed by atoms with Gasteiger partial charge in [0.1, 0.15) is 6.54 Å². The standard InChI is InChI=1S/C9H14N2O5/c1-9(5-16-3,7(13)14)11-6(12)4-10(2)8(11)15/h4-5H2,1-3H3,(H,13,14). The minimum Gasteiger partial charge on any atom is -0.479 e. The van der Waals surface area contributed by atoms with E-state index >= 15 is 0 Å². The zero-order valence-corrected chi connectivity index (χ0v) is 9.39. The molecule has 90 valence electrons. The predicted molar refractivity (Wildman–Crippen MR) is 52.8 cm³/mol. The van der Waals surface area contributed by atoms with Crippen molar-refractivity contribution >= 4 is 17.9 Å². The number of imide groups is 1. The number of carbonyl (C=O) groups excluding carboxylic acids is 2. The van der Waals surface area contributed by atoms with Gasteiger partial charge in [-0.25, -0.2) is 14.5 Å². The Morgan fingerprint density at radius 3 is 2.44 bits per heavy atom. The summed E-state index contributed by atoms with van der Waals surface area (Å²) in [7, 11) is 2.76. The van der Waals surface area contributed by atoms with Crippen molar-refractivity contribution in [2.45, 2.75) is 12.5 Å². The van der Waals surface area contributed by atoms with Gasteiger partial charge in [-0.3, -0.25) is 4.79 Å². The lowest BCUT2D eigenvalue weighted by atomic mass is 10.0. The molecule has 7 nitrogen and oxygen atoms in total. The molecular weight excluding hydrogens is 216 g/mol. The van der Waals surface area contributed by atoms with E-state index in [-0.39, 0.29) is 13.2 Å². The fraction of sp³-hybridized carbons (Fsp3) is 0.667. The fourth-order valence-corrected chi connectivity index (χ4v) is 1.61. The van der Waals surface area contributed by atoms with Crippen LogP contribution >= 0.6 is 0 Å². The summed E-state index contributed by atoms with van der Waals surface area (Å²) >= 11 is 0. The molecule has 0 aromatic carbocycles. The third-order valence-corrected chi connectivity index (χ3v) is 2.52. The van der Waals surface area contributed by atoms with Crippen LogP contribution in [0.15, 0.2) is 0 Å². The van der Waals surface area contributed by atoms with Crippen LogP contribution < -0.4 is 0 Å². The van der Waals surface area contributed by atoms with Gasteiger partial charge in [-0.2, -0.15) is 0 Å². The highest BCUT2D eigenvalue weighted by Crippen LogP contribution is 2.22. The Morgan fingerprint density at radius 2 is 2.12 bits per heavy atom. The van der Waals surface area contributed by atoms with E-state index in [0.717, 1.165) is 4.90 Å². The van der Waals surface area contributed by atoms with E-state index in [2.05, 4.69) is 0 Å². The molecule has 1 fully saturated rings. The van der Waals surface area contributed by atoms with Gasteiger partial charge in [0, 0.05) is 14.2 Å². The second kappa shape index (κ2) is 4.09. The summed E-state index contributed by atoms with van der Waals surface area (Å²) in [6.07, 6.45) is 0. The number of amides is 3. The maximum atomic E-state index is 11.7. The number of ether oxygens (including phenoxy) is 1. The Bertz CT molecular complexity index is 343. The first-order chi connectivity index (χ1) is 7.34. The van der Waals surface area contributed by atoms with Crippen molar-refractivity contribution in [2.24, 2.45) is 0 Å². The summed E-state index contributed by atoms with van der Waals surface area (Å²) in [6.45, 7) is 0.937. The average Bonchev–Trinajstić information content (AvgIpc) is 2.41. The molecule has 1 saturated heterocycles. The third-order valence-electron chi connectivity index (χ3n) is 2.52. The molecule has 0 aromatic rings. The Hall–Kier alpha value is -1.63. The van der Waals surface area contributed by atoms with Gasteiger partial charge in [0.15, 0.2) is 5.54 Å². The number of nitrogens with zero attached hydrogens (tertiary/aromatic N) is 2. The lowest BCUT2D eigenvalue weighted by Gasteiger charge is -2.31. The van der Waals surface area contributed by atoms with Crippen LogP contribution in [0.5, 0.6) is 0 Å². The van der Waals surface area contributed by atoms with E-state index in [9.17, 15) is 14.4 Å². The number of carboxylic acids is 1. The summed E-state index contributed by atoms with van der Waals surface area (Å²) in [5.74, 6) is -1.80. The molecule has 0 aromatic heterocycles. The van der Waals surface area contributed by atoms with Crippen molar-refractivity contribution in [2.75, 3.05) is 27.3 Å². The van der Waals surface area contributed by atoms with E-state index in [0.29, 0.717) is 0 Å². The van der Waals surface area contributed by atoms with Crippen LogP contribution in [-0.2, 0) is 14.3 Å². The van der Waals surface area contributed by atoms with Crippen LogP contribution in [0.25, 0.3) is 0 Å². The molecule has 16 heavy (non-hydrogen) atoms. The normalized spacial score (nSPS) is 20.2. The first-order valence-corrected chi connectivity index (χ1v) is 4.65. The third kappa shape index (κ3) is 1.73. The lowest BCUT2D eigenvalue weighted by Crippen LogP contribution is -2.58. The zero-order valence-electron chi connectivity index (χ0n) is 9.39. The van der Waals surface area contributed by atoms with Crippen LogP contribution in [0, 0.1) is 0 Å². The molecule has 0 radical (unpaired) electrons. The van der Waals surface area contributed by atoms with E-state index in [1.165, 1.54) is 26.0 Å². The van der Waals surface area contributed by atoms with Gasteiger partial charge < -0.3 is 14.7 Å². The summed E-state index contributed by atoms with van der Waals surface area (Å²) in [5.41, 5.74) is -1.66. The number of aliphatic carboxylic acids is 1. The summed E-state index contributed by atoms with van der Waals surface area (Å²) in [6, 6.07) is -0.619. The molecule has 1 rings (SSSR count). The van der Waals surface area contributed by atoms with Crippen molar-refractivity contribution in [3.63, 3.8) is 0 Å². The van der Waals surface area contributed by atoms with Crippen LogP contribution in [0.1, 0.15) is 6.92 Å². The van der Waals surface area contributed by atoms with Gasteiger partial charge in [0.05, 0.1) is 6.61 Å². The number of carbonyl (C=O) groups is 3. The highest BCUT2D eigenvalue weighted by atomic mass is 16.5. The molecule has 1 atom stereocenters. The largest absolute Gasteiger partial charge is 0.479 e.